The normalized spacial score (nSPS) is 11.5. The van der Waals surface area contributed by atoms with Crippen molar-refractivity contribution in [3.05, 3.63) is 255 Å². The van der Waals surface area contributed by atoms with Crippen LogP contribution in [0.15, 0.2) is 255 Å². The minimum absolute atomic E-state index is 0.598. The van der Waals surface area contributed by atoms with E-state index in [4.69, 9.17) is 40.1 Å². The second kappa shape index (κ2) is 19.2. The molecule has 0 aliphatic rings. The van der Waals surface area contributed by atoms with Crippen molar-refractivity contribution in [3.63, 3.8) is 0 Å². The molecule has 0 amide bonds. The molecule has 11 heteroatoms. The number of nitrogens with zero attached hydrogens (tertiary/aromatic N) is 10. The van der Waals surface area contributed by atoms with E-state index in [-0.39, 0.29) is 0 Å². The first-order chi connectivity index (χ1) is 39.1. The molecule has 0 unspecified atom stereocenters. The summed E-state index contributed by atoms with van der Waals surface area (Å²) in [7, 11) is 0. The number of benzene rings is 10. The highest BCUT2D eigenvalue weighted by atomic mass is 32.1. The topological polar surface area (TPSA) is 113 Å². The van der Waals surface area contributed by atoms with Gasteiger partial charge in [-0.25, -0.2) is 29.9 Å². The molecule has 15 aromatic rings. The molecule has 0 radical (unpaired) electrons. The summed E-state index contributed by atoms with van der Waals surface area (Å²) in [5.74, 6) is 3.69. The lowest BCUT2D eigenvalue weighted by atomic mass is 10.1. The second-order valence-electron chi connectivity index (χ2n) is 19.3. The van der Waals surface area contributed by atoms with Crippen molar-refractivity contribution in [1.82, 2.24) is 49.2 Å². The molecule has 0 aliphatic heterocycles. The second-order valence-corrected chi connectivity index (χ2v) is 20.2. The zero-order chi connectivity index (χ0) is 52.2. The molecule has 0 spiro atoms. The molecule has 0 N–H and O–H groups in total. The average molecular weight is 1030 g/mol. The van der Waals surface area contributed by atoms with Crippen molar-refractivity contribution in [1.29, 1.82) is 0 Å². The number of rotatable bonds is 10. The Bertz CT molecular complexity index is 4670. The smallest absolute Gasteiger partial charge is 0.164 e. The summed E-state index contributed by atoms with van der Waals surface area (Å²) in [5, 5.41) is 15.9. The van der Waals surface area contributed by atoms with Gasteiger partial charge in [0.1, 0.15) is 10.0 Å². The Kier molecular flexibility index (Phi) is 11.1. The van der Waals surface area contributed by atoms with Crippen LogP contribution in [0, 0.1) is 0 Å². The molecule has 0 saturated heterocycles. The average Bonchev–Trinajstić information content (AvgIpc) is 4.35. The van der Waals surface area contributed by atoms with Crippen LogP contribution < -0.4 is 0 Å². The van der Waals surface area contributed by atoms with E-state index in [1.807, 2.05) is 121 Å². The summed E-state index contributed by atoms with van der Waals surface area (Å²) < 4.78 is 4.64. The molecule has 5 aromatic heterocycles. The number of hydrogen-bond donors (Lipinski definition) is 0. The van der Waals surface area contributed by atoms with Gasteiger partial charge in [0.25, 0.3) is 0 Å². The Morgan fingerprint density at radius 2 is 0.570 bits per heavy atom. The highest BCUT2D eigenvalue weighted by Crippen LogP contribution is 2.40. The van der Waals surface area contributed by atoms with Gasteiger partial charge in [0.05, 0.1) is 22.1 Å². The lowest BCUT2D eigenvalue weighted by Gasteiger charge is -2.12. The van der Waals surface area contributed by atoms with E-state index in [1.54, 1.807) is 11.3 Å². The van der Waals surface area contributed by atoms with Crippen molar-refractivity contribution in [2.24, 2.45) is 0 Å². The van der Waals surface area contributed by atoms with Crippen LogP contribution in [0.3, 0.4) is 0 Å². The fraction of sp³-hybridized carbons (Fsp3) is 0. The predicted molar refractivity (Wildman–Crippen MR) is 319 cm³/mol. The van der Waals surface area contributed by atoms with Crippen LogP contribution in [0.25, 0.3) is 144 Å². The van der Waals surface area contributed by atoms with Gasteiger partial charge in [-0.05, 0) is 60.7 Å². The van der Waals surface area contributed by atoms with Gasteiger partial charge in [0, 0.05) is 77.4 Å². The van der Waals surface area contributed by atoms with Crippen LogP contribution in [0.1, 0.15) is 0 Å². The zero-order valence-corrected chi connectivity index (χ0v) is 42.9. The van der Waals surface area contributed by atoms with E-state index < -0.39 is 0 Å². The molecule has 15 rings (SSSR count). The monoisotopic (exact) mass is 1030 g/mol. The molecule has 0 fully saturated rings. The van der Waals surface area contributed by atoms with Crippen LogP contribution in [0.5, 0.6) is 0 Å². The molecule has 0 bridgehead atoms. The molecular formula is C68H42N10S. The van der Waals surface area contributed by atoms with Gasteiger partial charge < -0.3 is 9.13 Å². The van der Waals surface area contributed by atoms with Crippen LogP contribution in [-0.4, -0.2) is 49.2 Å². The van der Waals surface area contributed by atoms with E-state index >= 15 is 0 Å². The molecule has 0 saturated carbocycles. The van der Waals surface area contributed by atoms with E-state index in [2.05, 4.69) is 143 Å². The summed E-state index contributed by atoms with van der Waals surface area (Å²) in [4.78, 5) is 30.1. The first-order valence-corrected chi connectivity index (χ1v) is 26.8. The summed E-state index contributed by atoms with van der Waals surface area (Å²) in [6.45, 7) is 0. The Hall–Kier alpha value is -10.6. The minimum Gasteiger partial charge on any atom is -0.309 e. The fourth-order valence-corrected chi connectivity index (χ4v) is 11.5. The Labute approximate surface area is 457 Å². The maximum absolute atomic E-state index is 5.06. The van der Waals surface area contributed by atoms with Crippen LogP contribution in [0.4, 0.5) is 0 Å². The fourth-order valence-electron chi connectivity index (χ4n) is 10.7. The summed E-state index contributed by atoms with van der Waals surface area (Å²) >= 11 is 1.59. The molecule has 0 atom stereocenters. The van der Waals surface area contributed by atoms with E-state index in [9.17, 15) is 0 Å². The summed E-state index contributed by atoms with van der Waals surface area (Å²) in [6.07, 6.45) is 0. The number of para-hydroxylation sites is 2. The third-order valence-corrected chi connectivity index (χ3v) is 15.4. The maximum atomic E-state index is 5.06. The van der Waals surface area contributed by atoms with Gasteiger partial charge in [-0.2, -0.15) is 0 Å². The van der Waals surface area contributed by atoms with Gasteiger partial charge in [-0.3, -0.25) is 0 Å². The maximum Gasteiger partial charge on any atom is 0.164 e. The third kappa shape index (κ3) is 8.29. The lowest BCUT2D eigenvalue weighted by molar-refractivity contribution is 1.07. The third-order valence-electron chi connectivity index (χ3n) is 14.4. The molecule has 10 aromatic carbocycles. The van der Waals surface area contributed by atoms with Gasteiger partial charge in [0.2, 0.25) is 0 Å². The largest absolute Gasteiger partial charge is 0.309 e. The van der Waals surface area contributed by atoms with Crippen molar-refractivity contribution in [2.75, 3.05) is 0 Å². The van der Waals surface area contributed by atoms with E-state index in [0.29, 0.717) is 34.9 Å². The molecule has 0 aliphatic carbocycles. The van der Waals surface area contributed by atoms with Gasteiger partial charge in [-0.15, -0.1) is 10.2 Å². The first-order valence-electron chi connectivity index (χ1n) is 26.0. The van der Waals surface area contributed by atoms with E-state index in [0.717, 1.165) is 110 Å². The summed E-state index contributed by atoms with van der Waals surface area (Å²) in [5.41, 5.74) is 13.8. The Morgan fingerprint density at radius 1 is 0.228 bits per heavy atom. The first kappa shape index (κ1) is 45.7. The lowest BCUT2D eigenvalue weighted by Crippen LogP contribution is -2.01. The summed E-state index contributed by atoms with van der Waals surface area (Å²) in [6, 6.07) is 87.5. The Balaban J connectivity index is 0.791. The van der Waals surface area contributed by atoms with Crippen molar-refractivity contribution in [3.8, 4) is 101 Å². The van der Waals surface area contributed by atoms with Gasteiger partial charge in [-0.1, -0.05) is 205 Å². The highest BCUT2D eigenvalue weighted by molar-refractivity contribution is 7.17. The van der Waals surface area contributed by atoms with Crippen molar-refractivity contribution < 1.29 is 0 Å². The number of fused-ring (bicyclic) bond motifs is 6. The van der Waals surface area contributed by atoms with Crippen molar-refractivity contribution in [2.45, 2.75) is 0 Å². The SMILES string of the molecule is c1ccc(-c2nc(-c3ccccc3)nc(-c3cccc(-n4c5ccccc5c5cc(-c6nnc(-c7ccc8c9ccccc9n(-c9cccc(-c%10nc(-c%11ccccc%11)nc(-c%11ccccc%11)n%10)c9)c8c7)s6)ccc54)c3)n2)cc1. The van der Waals surface area contributed by atoms with Crippen LogP contribution in [0.2, 0.25) is 0 Å². The van der Waals surface area contributed by atoms with Gasteiger partial charge in [0.15, 0.2) is 34.9 Å². The van der Waals surface area contributed by atoms with Gasteiger partial charge >= 0.3 is 0 Å². The molecule has 10 nitrogen and oxygen atoms in total. The van der Waals surface area contributed by atoms with Crippen LogP contribution in [-0.2, 0) is 0 Å². The Morgan fingerprint density at radius 3 is 1.04 bits per heavy atom. The predicted octanol–water partition coefficient (Wildman–Crippen LogP) is 16.4. The standard InChI is InChI=1S/C68H42N10S/c1-5-19-43(20-6-1)61-69-62(44-21-7-2-8-22-44)72-65(71-61)47-27-17-29-51(39-47)77-58-34-16-14-32-54(58)56-41-49(36-38-59(56)77)67-75-76-68(79-67)50-35-37-55-53-31-13-15-33-57(53)78(60(55)42-50)52-30-18-28-48(40-52)66-73-63(45-23-9-3-10-24-45)70-64(74-66)46-25-11-4-12-26-46/h1-42H. The molecular weight excluding hydrogens is 989 g/mol. The quantitative estimate of drug-likeness (QED) is 0.133. The number of hydrogen-bond acceptors (Lipinski definition) is 9. The molecule has 79 heavy (non-hydrogen) atoms. The highest BCUT2D eigenvalue weighted by Gasteiger charge is 2.21. The van der Waals surface area contributed by atoms with Crippen LogP contribution >= 0.6 is 11.3 Å². The van der Waals surface area contributed by atoms with Crippen molar-refractivity contribution >= 4 is 54.9 Å². The molecule has 370 valence electrons. The van der Waals surface area contributed by atoms with E-state index in [1.165, 1.54) is 0 Å². The zero-order valence-electron chi connectivity index (χ0n) is 42.1. The minimum atomic E-state index is 0.598. The number of aromatic nitrogens is 10. The molecule has 5 heterocycles.